The van der Waals surface area contributed by atoms with Gasteiger partial charge >= 0.3 is 0 Å². The van der Waals surface area contributed by atoms with Gasteiger partial charge in [-0.15, -0.1) is 0 Å². The largest absolute Gasteiger partial charge is 0.0622 e. The highest BCUT2D eigenvalue weighted by Crippen LogP contribution is 2.38. The maximum Gasteiger partial charge on any atom is 0.0206 e. The topological polar surface area (TPSA) is 0 Å². The quantitative estimate of drug-likeness (QED) is 0.225. The Hall–Kier alpha value is -2.39. The van der Waals surface area contributed by atoms with E-state index in [2.05, 4.69) is 146 Å². The van der Waals surface area contributed by atoms with Crippen molar-refractivity contribution in [3.63, 3.8) is 0 Å². The Morgan fingerprint density at radius 2 is 0.774 bits per heavy atom. The third-order valence-electron chi connectivity index (χ3n) is 6.48. The molecule has 0 aliphatic carbocycles. The van der Waals surface area contributed by atoms with Crippen molar-refractivity contribution in [1.82, 2.24) is 0 Å². The van der Waals surface area contributed by atoms with Crippen LogP contribution >= 0.6 is 22.6 Å². The predicted molar refractivity (Wildman–Crippen MR) is 141 cm³/mol. The first-order valence-electron chi connectivity index (χ1n) is 11.0. The van der Waals surface area contributed by atoms with Gasteiger partial charge in [0.15, 0.2) is 0 Å². The molecule has 0 saturated carbocycles. The monoisotopic (exact) mass is 516 g/mol. The molecule has 0 bridgehead atoms. The van der Waals surface area contributed by atoms with Gasteiger partial charge in [-0.05, 0) is 56.0 Å². The van der Waals surface area contributed by atoms with Crippen molar-refractivity contribution in [2.45, 2.75) is 38.5 Å². The smallest absolute Gasteiger partial charge is 0.0206 e. The average Bonchev–Trinajstić information content (AvgIpc) is 2.84. The number of rotatable bonds is 6. The van der Waals surface area contributed by atoms with E-state index in [9.17, 15) is 0 Å². The van der Waals surface area contributed by atoms with Crippen molar-refractivity contribution in [3.8, 4) is 0 Å². The lowest BCUT2D eigenvalue weighted by atomic mass is 9.82. The SMILES string of the molecule is CC(c1ccccc1)c1cc(C(C)c2ccccc2)c(I)c(C(C)c2ccccc2)c1. The minimum Gasteiger partial charge on any atom is -0.0622 e. The summed E-state index contributed by atoms with van der Waals surface area (Å²) in [7, 11) is 0. The van der Waals surface area contributed by atoms with Crippen molar-refractivity contribution in [3.05, 3.63) is 140 Å². The molecular formula is C30H29I. The van der Waals surface area contributed by atoms with E-state index in [4.69, 9.17) is 0 Å². The molecule has 1 heteroatoms. The summed E-state index contributed by atoms with van der Waals surface area (Å²) in [6.07, 6.45) is 0. The third kappa shape index (κ3) is 4.77. The van der Waals surface area contributed by atoms with Crippen LogP contribution < -0.4 is 0 Å². The highest BCUT2D eigenvalue weighted by Gasteiger charge is 2.22. The fraction of sp³-hybridized carbons (Fsp3) is 0.200. The van der Waals surface area contributed by atoms with E-state index in [0.717, 1.165) is 0 Å². The van der Waals surface area contributed by atoms with E-state index >= 15 is 0 Å². The van der Waals surface area contributed by atoms with Crippen LogP contribution in [0.2, 0.25) is 0 Å². The van der Waals surface area contributed by atoms with Crippen molar-refractivity contribution in [2.75, 3.05) is 0 Å². The Labute approximate surface area is 200 Å². The zero-order chi connectivity index (χ0) is 21.8. The lowest BCUT2D eigenvalue weighted by Gasteiger charge is -2.24. The van der Waals surface area contributed by atoms with Crippen molar-refractivity contribution < 1.29 is 0 Å². The molecule has 0 aliphatic rings. The molecule has 156 valence electrons. The Morgan fingerprint density at radius 3 is 1.13 bits per heavy atom. The van der Waals surface area contributed by atoms with Gasteiger partial charge in [-0.2, -0.15) is 0 Å². The molecule has 3 atom stereocenters. The standard InChI is InChI=1S/C30H29I/c1-21(24-13-7-4-8-14-24)27-19-28(22(2)25-15-9-5-10-16-25)30(31)29(20-27)23(3)26-17-11-6-12-18-26/h4-23H,1-3H3. The van der Waals surface area contributed by atoms with Gasteiger partial charge in [-0.3, -0.25) is 0 Å². The summed E-state index contributed by atoms with van der Waals surface area (Å²) in [6.45, 7) is 6.99. The fourth-order valence-corrected chi connectivity index (χ4v) is 5.60. The molecule has 4 aromatic rings. The average molecular weight is 516 g/mol. The Balaban J connectivity index is 1.86. The summed E-state index contributed by atoms with van der Waals surface area (Å²) in [5.74, 6) is 1.04. The molecule has 4 rings (SSSR count). The van der Waals surface area contributed by atoms with Crippen molar-refractivity contribution in [1.29, 1.82) is 0 Å². The second kappa shape index (κ2) is 9.82. The van der Waals surface area contributed by atoms with Gasteiger partial charge in [0, 0.05) is 21.3 Å². The molecule has 0 fully saturated rings. The van der Waals surface area contributed by atoms with Crippen molar-refractivity contribution in [2.24, 2.45) is 0 Å². The maximum absolute atomic E-state index is 2.58. The van der Waals surface area contributed by atoms with Crippen LogP contribution in [-0.4, -0.2) is 0 Å². The van der Waals surface area contributed by atoms with Gasteiger partial charge in [0.1, 0.15) is 0 Å². The Bertz CT molecular complexity index is 1050. The van der Waals surface area contributed by atoms with Crippen molar-refractivity contribution >= 4 is 22.6 Å². The molecule has 0 aliphatic heterocycles. The maximum atomic E-state index is 2.58. The van der Waals surface area contributed by atoms with Crippen LogP contribution in [0.5, 0.6) is 0 Å². The van der Waals surface area contributed by atoms with Gasteiger partial charge in [0.05, 0.1) is 0 Å². The number of halogens is 1. The highest BCUT2D eigenvalue weighted by atomic mass is 127. The van der Waals surface area contributed by atoms with Crippen LogP contribution in [0.15, 0.2) is 103 Å². The van der Waals surface area contributed by atoms with Crippen LogP contribution in [0, 0.1) is 3.57 Å². The second-order valence-electron chi connectivity index (χ2n) is 8.41. The molecule has 0 spiro atoms. The van der Waals surface area contributed by atoms with Crippen LogP contribution in [0.4, 0.5) is 0 Å². The summed E-state index contributed by atoms with van der Waals surface area (Å²) in [4.78, 5) is 0. The molecule has 0 aromatic heterocycles. The van der Waals surface area contributed by atoms with E-state index in [-0.39, 0.29) is 0 Å². The first kappa shape index (κ1) is 21.8. The number of hydrogen-bond donors (Lipinski definition) is 0. The molecule has 0 amide bonds. The van der Waals surface area contributed by atoms with Gasteiger partial charge < -0.3 is 0 Å². The number of hydrogen-bond acceptors (Lipinski definition) is 0. The molecule has 3 unspecified atom stereocenters. The van der Waals surface area contributed by atoms with E-state index in [1.807, 2.05) is 0 Å². The zero-order valence-corrected chi connectivity index (χ0v) is 20.6. The summed E-state index contributed by atoms with van der Waals surface area (Å²) in [6, 6.07) is 37.5. The molecule has 0 saturated heterocycles. The molecule has 0 nitrogen and oxygen atoms in total. The molecule has 4 aromatic carbocycles. The van der Waals surface area contributed by atoms with Crippen LogP contribution in [0.3, 0.4) is 0 Å². The Kier molecular flexibility index (Phi) is 6.92. The summed E-state index contributed by atoms with van der Waals surface area (Å²) in [5, 5.41) is 0. The van der Waals surface area contributed by atoms with E-state index < -0.39 is 0 Å². The summed E-state index contributed by atoms with van der Waals surface area (Å²) in [5.41, 5.74) is 8.32. The van der Waals surface area contributed by atoms with Crippen LogP contribution in [0.25, 0.3) is 0 Å². The second-order valence-corrected chi connectivity index (χ2v) is 9.49. The molecule has 31 heavy (non-hydrogen) atoms. The van der Waals surface area contributed by atoms with Gasteiger partial charge in [0.25, 0.3) is 0 Å². The summed E-state index contributed by atoms with van der Waals surface area (Å²) >= 11 is 2.58. The van der Waals surface area contributed by atoms with Gasteiger partial charge in [-0.1, -0.05) is 124 Å². The first-order chi connectivity index (χ1) is 15.1. The lowest BCUT2D eigenvalue weighted by molar-refractivity contribution is 0.846. The van der Waals surface area contributed by atoms with E-state index in [1.54, 1.807) is 0 Å². The lowest BCUT2D eigenvalue weighted by Crippen LogP contribution is -2.09. The predicted octanol–water partition coefficient (Wildman–Crippen LogP) is 8.75. The van der Waals surface area contributed by atoms with E-state index in [1.165, 1.54) is 37.0 Å². The highest BCUT2D eigenvalue weighted by molar-refractivity contribution is 14.1. The number of benzene rings is 4. The normalized spacial score (nSPS) is 14.1. The molecular weight excluding hydrogens is 487 g/mol. The molecule has 0 N–H and O–H groups in total. The Morgan fingerprint density at radius 1 is 0.452 bits per heavy atom. The minimum atomic E-state index is 0.345. The summed E-state index contributed by atoms with van der Waals surface area (Å²) < 4.78 is 1.38. The molecule has 0 heterocycles. The fourth-order valence-electron chi connectivity index (χ4n) is 4.35. The zero-order valence-electron chi connectivity index (χ0n) is 18.4. The van der Waals surface area contributed by atoms with Crippen LogP contribution in [0.1, 0.15) is 71.9 Å². The minimum absolute atomic E-state index is 0.345. The third-order valence-corrected chi connectivity index (χ3v) is 7.73. The van der Waals surface area contributed by atoms with Gasteiger partial charge in [-0.25, -0.2) is 0 Å². The van der Waals surface area contributed by atoms with E-state index in [0.29, 0.717) is 17.8 Å². The van der Waals surface area contributed by atoms with Crippen LogP contribution in [-0.2, 0) is 0 Å². The molecule has 0 radical (unpaired) electrons. The van der Waals surface area contributed by atoms with Gasteiger partial charge in [0.2, 0.25) is 0 Å². The first-order valence-corrected chi connectivity index (χ1v) is 12.1.